The first-order valence-electron chi connectivity index (χ1n) is 7.67. The summed E-state index contributed by atoms with van der Waals surface area (Å²) in [5, 5.41) is 3.14. The molecule has 1 fully saturated rings. The Morgan fingerprint density at radius 1 is 1.24 bits per heavy atom. The van der Waals surface area contributed by atoms with Crippen molar-refractivity contribution in [3.63, 3.8) is 0 Å². The second-order valence-corrected chi connectivity index (χ2v) is 6.39. The monoisotopic (exact) mass is 290 g/mol. The van der Waals surface area contributed by atoms with E-state index in [0.717, 1.165) is 38.5 Å². The summed E-state index contributed by atoms with van der Waals surface area (Å²) < 4.78 is 0. The van der Waals surface area contributed by atoms with E-state index in [9.17, 15) is 4.79 Å². The number of hydrogen-bond acceptors (Lipinski definition) is 4. The topological polar surface area (TPSA) is 48.5 Å². The summed E-state index contributed by atoms with van der Waals surface area (Å²) in [5.74, 6) is 0.792. The van der Waals surface area contributed by atoms with Crippen LogP contribution < -0.4 is 5.32 Å². The quantitative estimate of drug-likeness (QED) is 0.926. The zero-order chi connectivity index (χ0) is 15.5. The zero-order valence-electron chi connectivity index (χ0n) is 13.5. The number of amides is 1. The standard InChI is InChI=1S/C16H26N4O/c1-5-17-14-8-6-7-13(18-14)15(21)19-9-11-20(12-10-19)16(2,3)4/h6-8H,5,9-12H2,1-4H3,(H,17,18). The van der Waals surface area contributed by atoms with Gasteiger partial charge in [0.25, 0.3) is 5.91 Å². The van der Waals surface area contributed by atoms with Crippen LogP contribution in [0.3, 0.4) is 0 Å². The highest BCUT2D eigenvalue weighted by atomic mass is 16.2. The van der Waals surface area contributed by atoms with Gasteiger partial charge < -0.3 is 10.2 Å². The maximum absolute atomic E-state index is 12.5. The van der Waals surface area contributed by atoms with Crippen LogP contribution in [0.4, 0.5) is 5.82 Å². The van der Waals surface area contributed by atoms with E-state index in [2.05, 4.69) is 36.0 Å². The lowest BCUT2D eigenvalue weighted by molar-refractivity contribution is 0.0447. The fourth-order valence-electron chi connectivity index (χ4n) is 2.58. The number of hydrogen-bond donors (Lipinski definition) is 1. The van der Waals surface area contributed by atoms with Crippen LogP contribution in [-0.4, -0.2) is 59.0 Å². The number of aromatic nitrogens is 1. The van der Waals surface area contributed by atoms with Crippen LogP contribution in [0.15, 0.2) is 18.2 Å². The molecule has 1 amide bonds. The fraction of sp³-hybridized carbons (Fsp3) is 0.625. The molecule has 0 aliphatic carbocycles. The van der Waals surface area contributed by atoms with Crippen molar-refractivity contribution in [2.45, 2.75) is 33.2 Å². The van der Waals surface area contributed by atoms with Crippen molar-refractivity contribution in [2.75, 3.05) is 38.0 Å². The van der Waals surface area contributed by atoms with Crippen molar-refractivity contribution >= 4 is 11.7 Å². The molecule has 0 spiro atoms. The number of carbonyl (C=O) groups excluding carboxylic acids is 1. The first-order valence-corrected chi connectivity index (χ1v) is 7.67. The highest BCUT2D eigenvalue weighted by Gasteiger charge is 2.28. The van der Waals surface area contributed by atoms with Gasteiger partial charge in [0.2, 0.25) is 0 Å². The van der Waals surface area contributed by atoms with Crippen molar-refractivity contribution in [3.8, 4) is 0 Å². The molecule has 1 aromatic rings. The molecule has 0 bridgehead atoms. The lowest BCUT2D eigenvalue weighted by Crippen LogP contribution is -2.54. The lowest BCUT2D eigenvalue weighted by Gasteiger charge is -2.42. The molecular formula is C16H26N4O. The van der Waals surface area contributed by atoms with Gasteiger partial charge in [0, 0.05) is 38.3 Å². The molecule has 0 radical (unpaired) electrons. The largest absolute Gasteiger partial charge is 0.370 e. The van der Waals surface area contributed by atoms with Crippen molar-refractivity contribution in [2.24, 2.45) is 0 Å². The summed E-state index contributed by atoms with van der Waals surface area (Å²) in [6.07, 6.45) is 0. The number of pyridine rings is 1. The normalized spacial score (nSPS) is 16.9. The predicted molar refractivity (Wildman–Crippen MR) is 85.6 cm³/mol. The molecule has 116 valence electrons. The Morgan fingerprint density at radius 2 is 1.90 bits per heavy atom. The van der Waals surface area contributed by atoms with Gasteiger partial charge in [-0.15, -0.1) is 0 Å². The lowest BCUT2D eigenvalue weighted by atomic mass is 10.0. The molecular weight excluding hydrogens is 264 g/mol. The van der Waals surface area contributed by atoms with Gasteiger partial charge in [0.15, 0.2) is 0 Å². The van der Waals surface area contributed by atoms with Crippen LogP contribution >= 0.6 is 0 Å². The average molecular weight is 290 g/mol. The van der Waals surface area contributed by atoms with E-state index in [1.54, 1.807) is 6.07 Å². The molecule has 1 saturated heterocycles. The number of carbonyl (C=O) groups is 1. The molecule has 2 rings (SSSR count). The van der Waals surface area contributed by atoms with E-state index in [1.807, 2.05) is 24.0 Å². The molecule has 5 heteroatoms. The van der Waals surface area contributed by atoms with Gasteiger partial charge in [-0.2, -0.15) is 0 Å². The number of rotatable bonds is 3. The van der Waals surface area contributed by atoms with Gasteiger partial charge in [0.05, 0.1) is 0 Å². The summed E-state index contributed by atoms with van der Waals surface area (Å²) in [4.78, 5) is 21.2. The van der Waals surface area contributed by atoms with Gasteiger partial charge in [0.1, 0.15) is 11.5 Å². The van der Waals surface area contributed by atoms with Crippen molar-refractivity contribution < 1.29 is 4.79 Å². The third-order valence-corrected chi connectivity index (χ3v) is 3.84. The van der Waals surface area contributed by atoms with Crippen LogP contribution in [0, 0.1) is 0 Å². The number of nitrogens with one attached hydrogen (secondary N) is 1. The van der Waals surface area contributed by atoms with Gasteiger partial charge in [-0.3, -0.25) is 9.69 Å². The maximum atomic E-state index is 12.5. The summed E-state index contributed by atoms with van der Waals surface area (Å²) in [6, 6.07) is 5.56. The third-order valence-electron chi connectivity index (χ3n) is 3.84. The van der Waals surface area contributed by atoms with E-state index in [1.165, 1.54) is 0 Å². The summed E-state index contributed by atoms with van der Waals surface area (Å²) >= 11 is 0. The summed E-state index contributed by atoms with van der Waals surface area (Å²) in [6.45, 7) is 12.8. The van der Waals surface area contributed by atoms with Crippen LogP contribution in [0.2, 0.25) is 0 Å². The highest BCUT2D eigenvalue weighted by molar-refractivity contribution is 5.92. The van der Waals surface area contributed by atoms with E-state index >= 15 is 0 Å². The van der Waals surface area contributed by atoms with Crippen LogP contribution in [0.5, 0.6) is 0 Å². The molecule has 0 unspecified atom stereocenters. The number of nitrogens with zero attached hydrogens (tertiary/aromatic N) is 3. The fourth-order valence-corrected chi connectivity index (χ4v) is 2.58. The Balaban J connectivity index is 2.00. The summed E-state index contributed by atoms with van der Waals surface area (Å²) in [5.41, 5.74) is 0.691. The Hall–Kier alpha value is -1.62. The van der Waals surface area contributed by atoms with Gasteiger partial charge in [-0.05, 0) is 39.8 Å². The molecule has 5 nitrogen and oxygen atoms in total. The molecule has 0 atom stereocenters. The first kappa shape index (κ1) is 15.8. The van der Waals surface area contributed by atoms with E-state index < -0.39 is 0 Å². The Bertz CT molecular complexity index is 487. The van der Waals surface area contributed by atoms with Crippen LogP contribution in [-0.2, 0) is 0 Å². The van der Waals surface area contributed by atoms with Gasteiger partial charge in [-0.1, -0.05) is 6.07 Å². The highest BCUT2D eigenvalue weighted by Crippen LogP contribution is 2.17. The molecule has 1 aromatic heterocycles. The zero-order valence-corrected chi connectivity index (χ0v) is 13.5. The van der Waals surface area contributed by atoms with Gasteiger partial charge >= 0.3 is 0 Å². The molecule has 1 aliphatic rings. The molecule has 21 heavy (non-hydrogen) atoms. The Morgan fingerprint density at radius 3 is 2.48 bits per heavy atom. The van der Waals surface area contributed by atoms with E-state index in [0.29, 0.717) is 5.69 Å². The second kappa shape index (κ2) is 6.43. The molecule has 1 N–H and O–H groups in total. The Kier molecular flexibility index (Phi) is 4.83. The van der Waals surface area contributed by atoms with Gasteiger partial charge in [-0.25, -0.2) is 4.98 Å². The molecule has 0 aromatic carbocycles. The van der Waals surface area contributed by atoms with Crippen molar-refractivity contribution in [3.05, 3.63) is 23.9 Å². The Labute approximate surface area is 127 Å². The number of piperazine rings is 1. The third kappa shape index (κ3) is 3.94. The van der Waals surface area contributed by atoms with Crippen LogP contribution in [0.25, 0.3) is 0 Å². The minimum atomic E-state index is 0.0308. The van der Waals surface area contributed by atoms with Crippen molar-refractivity contribution in [1.29, 1.82) is 0 Å². The molecule has 1 aliphatic heterocycles. The SMILES string of the molecule is CCNc1cccc(C(=O)N2CCN(C(C)(C)C)CC2)n1. The maximum Gasteiger partial charge on any atom is 0.272 e. The van der Waals surface area contributed by atoms with E-state index in [4.69, 9.17) is 0 Å². The minimum absolute atomic E-state index is 0.0308. The average Bonchev–Trinajstić information content (AvgIpc) is 2.46. The van der Waals surface area contributed by atoms with Crippen LogP contribution in [0.1, 0.15) is 38.2 Å². The number of anilines is 1. The summed E-state index contributed by atoms with van der Waals surface area (Å²) in [7, 11) is 0. The first-order chi connectivity index (χ1) is 9.91. The molecule has 2 heterocycles. The van der Waals surface area contributed by atoms with E-state index in [-0.39, 0.29) is 11.4 Å². The second-order valence-electron chi connectivity index (χ2n) is 6.39. The minimum Gasteiger partial charge on any atom is -0.370 e. The van der Waals surface area contributed by atoms with Crippen molar-refractivity contribution in [1.82, 2.24) is 14.8 Å². The predicted octanol–water partition coefficient (Wildman–Crippen LogP) is 2.07. The smallest absolute Gasteiger partial charge is 0.272 e. The molecule has 0 saturated carbocycles.